The summed E-state index contributed by atoms with van der Waals surface area (Å²) in [7, 11) is 1.83. The molecule has 2 aromatic carbocycles. The Morgan fingerprint density at radius 3 is 2.61 bits per heavy atom. The molecular weight excluding hydrogens is 434 g/mol. The van der Waals surface area contributed by atoms with E-state index in [2.05, 4.69) is 17.2 Å². The zero-order valence-corrected chi connectivity index (χ0v) is 20.8. The van der Waals surface area contributed by atoms with Crippen LogP contribution in [0, 0.1) is 6.92 Å². The second-order valence-corrected chi connectivity index (χ2v) is 8.21. The third-order valence-electron chi connectivity index (χ3n) is 4.76. The highest BCUT2D eigenvalue weighted by atomic mass is 32.2. The van der Waals surface area contributed by atoms with Crippen molar-refractivity contribution in [2.75, 3.05) is 19.0 Å². The van der Waals surface area contributed by atoms with Gasteiger partial charge in [-0.15, -0.1) is 0 Å². The maximum Gasteiger partial charge on any atom is 0.232 e. The number of aromatic nitrogens is 1. The highest BCUT2D eigenvalue weighted by molar-refractivity contribution is 8.03. The van der Waals surface area contributed by atoms with Gasteiger partial charge in [0.2, 0.25) is 11.8 Å². The van der Waals surface area contributed by atoms with Gasteiger partial charge in [0, 0.05) is 18.4 Å². The third kappa shape index (κ3) is 7.43. The number of nitrogens with one attached hydrogen (secondary N) is 1. The minimum atomic E-state index is 0.462. The topological polar surface area (TPSA) is 90.4 Å². The van der Waals surface area contributed by atoms with Crippen LogP contribution in [0.4, 0.5) is 5.88 Å². The SMILES string of the molecule is C/C=C(/N)Sc1cc(CC=O)ccc1C.CCOc1ccccc1-c1nc(CC)c(NC)o1. The highest BCUT2D eigenvalue weighted by Crippen LogP contribution is 2.32. The number of thioether (sulfide) groups is 1. The van der Waals surface area contributed by atoms with Gasteiger partial charge in [0.15, 0.2) is 0 Å². The summed E-state index contributed by atoms with van der Waals surface area (Å²) in [5, 5.41) is 3.80. The van der Waals surface area contributed by atoms with E-state index in [0.29, 0.717) is 18.9 Å². The fourth-order valence-electron chi connectivity index (χ4n) is 2.99. The molecule has 0 unspecified atom stereocenters. The summed E-state index contributed by atoms with van der Waals surface area (Å²) >= 11 is 1.53. The molecule has 33 heavy (non-hydrogen) atoms. The number of para-hydroxylation sites is 1. The van der Waals surface area contributed by atoms with Gasteiger partial charge in [0.05, 0.1) is 17.2 Å². The van der Waals surface area contributed by atoms with Crippen molar-refractivity contribution in [1.29, 1.82) is 0 Å². The number of oxazole rings is 1. The van der Waals surface area contributed by atoms with Crippen molar-refractivity contribution < 1.29 is 13.9 Å². The third-order valence-corrected chi connectivity index (χ3v) is 5.89. The van der Waals surface area contributed by atoms with Gasteiger partial charge in [0.25, 0.3) is 0 Å². The van der Waals surface area contributed by atoms with E-state index in [1.165, 1.54) is 17.3 Å². The van der Waals surface area contributed by atoms with Crippen molar-refractivity contribution in [3.8, 4) is 17.2 Å². The second kappa shape index (κ2) is 13.4. The number of carbonyl (C=O) groups excluding carboxylic acids is 1. The van der Waals surface area contributed by atoms with Crippen LogP contribution in [-0.2, 0) is 17.6 Å². The number of benzene rings is 2. The number of anilines is 1. The molecule has 3 aromatic rings. The first-order valence-electron chi connectivity index (χ1n) is 11.0. The van der Waals surface area contributed by atoms with E-state index in [0.717, 1.165) is 51.1 Å². The lowest BCUT2D eigenvalue weighted by Crippen LogP contribution is -1.93. The number of allylic oxidation sites excluding steroid dienone is 1. The first kappa shape index (κ1) is 26.1. The van der Waals surface area contributed by atoms with Gasteiger partial charge in [-0.05, 0) is 56.5 Å². The molecule has 0 spiro atoms. The summed E-state index contributed by atoms with van der Waals surface area (Å²) in [5.74, 6) is 2.12. The summed E-state index contributed by atoms with van der Waals surface area (Å²) < 4.78 is 11.3. The van der Waals surface area contributed by atoms with E-state index in [4.69, 9.17) is 14.9 Å². The van der Waals surface area contributed by atoms with Gasteiger partial charge in [-0.3, -0.25) is 0 Å². The molecule has 0 aliphatic carbocycles. The molecule has 0 radical (unpaired) electrons. The number of ether oxygens (including phenoxy) is 1. The Morgan fingerprint density at radius 1 is 1.24 bits per heavy atom. The maximum absolute atomic E-state index is 10.4. The second-order valence-electron chi connectivity index (χ2n) is 7.09. The molecule has 0 atom stereocenters. The van der Waals surface area contributed by atoms with Gasteiger partial charge in [-0.25, -0.2) is 4.98 Å². The summed E-state index contributed by atoms with van der Waals surface area (Å²) in [6.45, 7) is 8.58. The van der Waals surface area contributed by atoms with E-state index >= 15 is 0 Å². The van der Waals surface area contributed by atoms with Gasteiger partial charge < -0.3 is 25.0 Å². The van der Waals surface area contributed by atoms with E-state index in [9.17, 15) is 4.79 Å². The molecule has 1 heterocycles. The van der Waals surface area contributed by atoms with Crippen molar-refractivity contribution in [3.63, 3.8) is 0 Å². The van der Waals surface area contributed by atoms with Crippen LogP contribution in [0.1, 0.15) is 37.6 Å². The lowest BCUT2D eigenvalue weighted by molar-refractivity contribution is -0.107. The molecule has 0 saturated carbocycles. The Bertz CT molecular complexity index is 1050. The van der Waals surface area contributed by atoms with Gasteiger partial charge in [-0.1, -0.05) is 49.0 Å². The van der Waals surface area contributed by atoms with Gasteiger partial charge >= 0.3 is 0 Å². The highest BCUT2D eigenvalue weighted by Gasteiger charge is 2.15. The minimum absolute atomic E-state index is 0.462. The molecular formula is C26H33N3O3S. The van der Waals surface area contributed by atoms with Crippen molar-refractivity contribution in [3.05, 3.63) is 70.4 Å². The molecule has 3 N–H and O–H groups in total. The minimum Gasteiger partial charge on any atom is -0.493 e. The molecule has 0 aliphatic heterocycles. The number of hydrogen-bond donors (Lipinski definition) is 2. The summed E-state index contributed by atoms with van der Waals surface area (Å²) in [6.07, 6.45) is 4.08. The Balaban J connectivity index is 0.000000238. The lowest BCUT2D eigenvalue weighted by Gasteiger charge is -2.07. The Kier molecular flexibility index (Phi) is 10.6. The maximum atomic E-state index is 10.4. The van der Waals surface area contributed by atoms with E-state index in [1.807, 2.05) is 76.4 Å². The number of aryl methyl sites for hydroxylation is 2. The summed E-state index contributed by atoms with van der Waals surface area (Å²) in [6, 6.07) is 13.8. The quantitative estimate of drug-likeness (QED) is 0.295. The molecule has 6 nitrogen and oxygen atoms in total. The van der Waals surface area contributed by atoms with E-state index in [1.54, 1.807) is 0 Å². The zero-order chi connectivity index (χ0) is 24.2. The first-order valence-corrected chi connectivity index (χ1v) is 11.8. The van der Waals surface area contributed by atoms with Crippen molar-refractivity contribution >= 4 is 23.9 Å². The van der Waals surface area contributed by atoms with Crippen LogP contribution in [0.25, 0.3) is 11.5 Å². The molecule has 1 aromatic heterocycles. The molecule has 7 heteroatoms. The molecule has 176 valence electrons. The van der Waals surface area contributed by atoms with Crippen molar-refractivity contribution in [1.82, 2.24) is 4.98 Å². The van der Waals surface area contributed by atoms with Crippen LogP contribution in [0.3, 0.4) is 0 Å². The van der Waals surface area contributed by atoms with Crippen LogP contribution in [0.2, 0.25) is 0 Å². The normalized spacial score (nSPS) is 10.9. The molecule has 0 fully saturated rings. The van der Waals surface area contributed by atoms with E-state index in [-0.39, 0.29) is 0 Å². The fourth-order valence-corrected chi connectivity index (χ4v) is 3.80. The number of aldehydes is 1. The van der Waals surface area contributed by atoms with Crippen LogP contribution in [0.15, 0.2) is 62.9 Å². The number of rotatable bonds is 9. The molecule has 0 bridgehead atoms. The average molecular weight is 468 g/mol. The molecule has 0 aliphatic rings. The van der Waals surface area contributed by atoms with E-state index < -0.39 is 0 Å². The fraction of sp³-hybridized carbons (Fsp3) is 0.308. The Hall–Kier alpha value is -3.19. The van der Waals surface area contributed by atoms with Crippen LogP contribution >= 0.6 is 11.8 Å². The standard InChI is InChI=1S/C14H18N2O2.C12H15NOS/c1-4-11-14(15-3)18-13(16-11)10-8-6-7-9-12(10)17-5-2;1-3-12(13)15-11-8-10(6-7-14)5-4-9(11)2/h6-9,15H,4-5H2,1-3H3;3-5,7-8H,6,13H2,1-2H3/b;12-3-. The van der Waals surface area contributed by atoms with Gasteiger partial charge in [0.1, 0.15) is 17.7 Å². The van der Waals surface area contributed by atoms with Crippen LogP contribution in [0.5, 0.6) is 5.75 Å². The Labute approximate surface area is 200 Å². The number of nitrogens with two attached hydrogens (primary N) is 1. The largest absolute Gasteiger partial charge is 0.493 e. The predicted molar refractivity (Wildman–Crippen MR) is 137 cm³/mol. The first-order chi connectivity index (χ1) is 16.0. The van der Waals surface area contributed by atoms with Crippen LogP contribution < -0.4 is 15.8 Å². The predicted octanol–water partition coefficient (Wildman–Crippen LogP) is 5.99. The van der Waals surface area contributed by atoms with Gasteiger partial charge in [-0.2, -0.15) is 0 Å². The number of hydrogen-bond acceptors (Lipinski definition) is 7. The average Bonchev–Trinajstić information content (AvgIpc) is 3.25. The van der Waals surface area contributed by atoms with Crippen molar-refractivity contribution in [2.45, 2.75) is 45.4 Å². The molecule has 3 rings (SSSR count). The monoisotopic (exact) mass is 467 g/mol. The molecule has 0 saturated heterocycles. The van der Waals surface area contributed by atoms with Crippen molar-refractivity contribution in [2.24, 2.45) is 5.73 Å². The summed E-state index contributed by atoms with van der Waals surface area (Å²) in [4.78, 5) is 16.0. The summed E-state index contributed by atoms with van der Waals surface area (Å²) in [5.41, 5.74) is 9.78. The lowest BCUT2D eigenvalue weighted by atomic mass is 10.1. The Morgan fingerprint density at radius 2 is 2.00 bits per heavy atom. The zero-order valence-electron chi connectivity index (χ0n) is 20.0. The number of nitrogens with zero attached hydrogens (tertiary/aromatic N) is 1. The molecule has 0 amide bonds. The van der Waals surface area contributed by atoms with Crippen LogP contribution in [-0.4, -0.2) is 24.9 Å². The number of carbonyl (C=O) groups is 1. The smallest absolute Gasteiger partial charge is 0.232 e.